The first-order valence-electron chi connectivity index (χ1n) is 26.4. The molecule has 1 aromatic carbocycles. The SMILES string of the molecule is CCC(=O)O[C@@H]1CC(=O)O[C@@H](C/C=C/c2cnc3ccccc3c2)CCCN(C)C[C@H](O)[C@H](C)C[C@H](CC=O)[C@H](O[C@@H]2O[C@H](C)[C@@H](O[C@H]3C[C@@](C)(OC(=O)CC)[C@@H](OC(=O)N(C)C)[C@H](C)O3)[C@H](N(C)C)[C@H]2O)[C@H]1OC. The van der Waals surface area contributed by atoms with Gasteiger partial charge in [0.05, 0.1) is 42.4 Å². The minimum absolute atomic E-state index is 0.0293. The Morgan fingerprint density at radius 3 is 2.33 bits per heavy atom. The number of nitrogens with zero attached hydrogens (tertiary/aromatic N) is 4. The number of amides is 1. The molecule has 420 valence electrons. The van der Waals surface area contributed by atoms with Gasteiger partial charge in [-0.15, -0.1) is 0 Å². The zero-order valence-electron chi connectivity index (χ0n) is 46.0. The van der Waals surface area contributed by atoms with E-state index in [1.165, 1.54) is 26.1 Å². The molecular weight excluding hydrogens is 973 g/mol. The number of aliphatic hydroxyl groups is 2. The van der Waals surface area contributed by atoms with Crippen molar-refractivity contribution in [1.29, 1.82) is 0 Å². The Labute approximate surface area is 442 Å². The average Bonchev–Trinajstić information content (AvgIpc) is 3.35. The number of aromatic nitrogens is 1. The average molecular weight is 1060 g/mol. The number of para-hydroxylation sites is 1. The minimum Gasteiger partial charge on any atom is -0.462 e. The lowest BCUT2D eigenvalue weighted by Gasteiger charge is -2.51. The molecule has 0 unspecified atom stereocenters. The van der Waals surface area contributed by atoms with Crippen molar-refractivity contribution in [3.63, 3.8) is 0 Å². The third-order valence-electron chi connectivity index (χ3n) is 14.4. The van der Waals surface area contributed by atoms with Gasteiger partial charge in [0.1, 0.15) is 36.8 Å². The Balaban J connectivity index is 1.46. The molecule has 3 saturated heterocycles. The predicted molar refractivity (Wildman–Crippen MR) is 277 cm³/mol. The Hall–Kier alpha value is -4.64. The van der Waals surface area contributed by atoms with Crippen molar-refractivity contribution >= 4 is 47.3 Å². The molecule has 0 aliphatic carbocycles. The van der Waals surface area contributed by atoms with E-state index in [-0.39, 0.29) is 32.1 Å². The zero-order valence-corrected chi connectivity index (χ0v) is 46.0. The first-order chi connectivity index (χ1) is 35.6. The van der Waals surface area contributed by atoms with Crippen molar-refractivity contribution in [2.75, 3.05) is 55.4 Å². The summed E-state index contributed by atoms with van der Waals surface area (Å²) in [5, 5.41) is 25.1. The fraction of sp³-hybridized carbons (Fsp3) is 0.709. The van der Waals surface area contributed by atoms with E-state index in [2.05, 4.69) is 4.98 Å². The highest BCUT2D eigenvalue weighted by atomic mass is 16.7. The van der Waals surface area contributed by atoms with Crippen LogP contribution in [0.15, 0.2) is 42.6 Å². The van der Waals surface area contributed by atoms with Gasteiger partial charge in [-0.3, -0.25) is 19.4 Å². The molecule has 75 heavy (non-hydrogen) atoms. The van der Waals surface area contributed by atoms with Gasteiger partial charge in [-0.2, -0.15) is 0 Å². The molecule has 1 amide bonds. The molecule has 20 heteroatoms. The lowest BCUT2D eigenvalue weighted by Crippen LogP contribution is -2.66. The molecular formula is C55H84N4O16. The maximum atomic E-state index is 14.2. The summed E-state index contributed by atoms with van der Waals surface area (Å²) >= 11 is 0. The van der Waals surface area contributed by atoms with Gasteiger partial charge in [0, 0.05) is 71.4 Å². The summed E-state index contributed by atoms with van der Waals surface area (Å²) in [5.74, 6) is -2.91. The van der Waals surface area contributed by atoms with Gasteiger partial charge >= 0.3 is 24.0 Å². The number of β-amino-alcohol motifs (C(OH)–C–C–N with tert-alkyl or cyclic N) is 1. The number of hydrogen-bond donors (Lipinski definition) is 2. The van der Waals surface area contributed by atoms with E-state index in [1.807, 2.05) is 61.4 Å². The molecule has 3 aliphatic heterocycles. The number of carbonyl (C=O) groups is 5. The highest BCUT2D eigenvalue weighted by molar-refractivity contribution is 5.80. The van der Waals surface area contributed by atoms with E-state index in [0.717, 1.165) is 22.8 Å². The molecule has 3 aliphatic rings. The van der Waals surface area contributed by atoms with Crippen molar-refractivity contribution in [3.8, 4) is 0 Å². The van der Waals surface area contributed by atoms with E-state index in [1.54, 1.807) is 59.8 Å². The second-order valence-corrected chi connectivity index (χ2v) is 21.0. The number of carbonyl (C=O) groups excluding carboxylic acids is 5. The second-order valence-electron chi connectivity index (χ2n) is 21.0. The summed E-state index contributed by atoms with van der Waals surface area (Å²) in [7, 11) is 9.88. The van der Waals surface area contributed by atoms with Crippen LogP contribution in [0.2, 0.25) is 0 Å². The number of cyclic esters (lactones) is 1. The summed E-state index contributed by atoms with van der Waals surface area (Å²) in [6, 6.07) is 9.01. The number of aldehydes is 1. The molecule has 4 heterocycles. The van der Waals surface area contributed by atoms with E-state index >= 15 is 0 Å². The third-order valence-corrected chi connectivity index (χ3v) is 14.4. The number of methoxy groups -OCH3 is 1. The van der Waals surface area contributed by atoms with Crippen molar-refractivity contribution in [3.05, 3.63) is 48.2 Å². The number of fused-ring (bicyclic) bond motifs is 1. The van der Waals surface area contributed by atoms with E-state index < -0.39 is 128 Å². The van der Waals surface area contributed by atoms with Crippen LogP contribution in [0.25, 0.3) is 17.0 Å². The largest absolute Gasteiger partial charge is 0.462 e. The summed E-state index contributed by atoms with van der Waals surface area (Å²) in [6.45, 7) is 11.2. The Bertz CT molecular complexity index is 2200. The topological polar surface area (TPSA) is 231 Å². The van der Waals surface area contributed by atoms with Gasteiger partial charge in [0.2, 0.25) is 0 Å². The number of aliphatic hydroxyl groups excluding tert-OH is 2. The van der Waals surface area contributed by atoms with Crippen molar-refractivity contribution in [1.82, 2.24) is 19.7 Å². The fourth-order valence-electron chi connectivity index (χ4n) is 10.4. The molecule has 0 radical (unpaired) electrons. The highest BCUT2D eigenvalue weighted by Crippen LogP contribution is 2.39. The minimum atomic E-state index is -1.45. The van der Waals surface area contributed by atoms with Crippen LogP contribution in [-0.4, -0.2) is 201 Å². The number of pyridine rings is 1. The Morgan fingerprint density at radius 2 is 1.67 bits per heavy atom. The third kappa shape index (κ3) is 16.9. The van der Waals surface area contributed by atoms with Crippen molar-refractivity contribution in [2.24, 2.45) is 11.8 Å². The van der Waals surface area contributed by atoms with Crippen LogP contribution in [0.3, 0.4) is 0 Å². The molecule has 16 atom stereocenters. The van der Waals surface area contributed by atoms with Gasteiger partial charge in [-0.1, -0.05) is 51.1 Å². The first kappa shape index (κ1) is 61.2. The van der Waals surface area contributed by atoms with Crippen LogP contribution in [0.1, 0.15) is 105 Å². The van der Waals surface area contributed by atoms with Crippen LogP contribution in [0, 0.1) is 11.8 Å². The smallest absolute Gasteiger partial charge is 0.409 e. The van der Waals surface area contributed by atoms with Gasteiger partial charge in [-0.05, 0) is 97.3 Å². The Kier molecular flexibility index (Phi) is 23.4. The van der Waals surface area contributed by atoms with E-state index in [4.69, 9.17) is 42.6 Å². The molecule has 2 aromatic rings. The number of rotatable bonds is 16. The maximum absolute atomic E-state index is 14.2. The van der Waals surface area contributed by atoms with Gasteiger partial charge in [-0.25, -0.2) is 4.79 Å². The lowest BCUT2D eigenvalue weighted by molar-refractivity contribution is -0.344. The van der Waals surface area contributed by atoms with Crippen LogP contribution < -0.4 is 0 Å². The van der Waals surface area contributed by atoms with Crippen LogP contribution in [0.4, 0.5) is 4.79 Å². The van der Waals surface area contributed by atoms with E-state index in [9.17, 15) is 34.2 Å². The predicted octanol–water partition coefficient (Wildman–Crippen LogP) is 5.31. The molecule has 0 saturated carbocycles. The Morgan fingerprint density at radius 1 is 0.947 bits per heavy atom. The zero-order chi connectivity index (χ0) is 55.1. The molecule has 20 nitrogen and oxygen atoms in total. The van der Waals surface area contributed by atoms with E-state index in [0.29, 0.717) is 32.4 Å². The molecule has 5 rings (SSSR count). The summed E-state index contributed by atoms with van der Waals surface area (Å²) in [4.78, 5) is 75.3. The quantitative estimate of drug-likeness (QED) is 0.123. The van der Waals surface area contributed by atoms with Gasteiger partial charge in [0.15, 0.2) is 24.3 Å². The molecule has 0 bridgehead atoms. The first-order valence-corrected chi connectivity index (χ1v) is 26.4. The van der Waals surface area contributed by atoms with Crippen LogP contribution >= 0.6 is 0 Å². The normalized spacial score (nSPS) is 33.9. The summed E-state index contributed by atoms with van der Waals surface area (Å²) in [5.41, 5.74) is 0.388. The van der Waals surface area contributed by atoms with Crippen molar-refractivity contribution in [2.45, 2.75) is 185 Å². The maximum Gasteiger partial charge on any atom is 0.409 e. The fourth-order valence-corrected chi connectivity index (χ4v) is 10.4. The monoisotopic (exact) mass is 1060 g/mol. The number of ether oxygens (including phenoxy) is 9. The van der Waals surface area contributed by atoms with Gasteiger partial charge < -0.3 is 72.3 Å². The molecule has 0 spiro atoms. The lowest BCUT2D eigenvalue weighted by atomic mass is 9.82. The standard InChI is InChI=1S/C55H84N4O16/c1-13-43(62)71-42-29-45(64)70-39(21-17-19-36-28-37-20-15-16-23-40(37)56-31-36)22-18-25-59(11)32-41(61)33(3)27-38(24-26-60)50(51(42)67-12)73-53-48(65)47(57(7)8)49(34(4)69-53)72-46-30-55(6,75-44(63)14-2)52(35(5)68-46)74-54(66)58(9)10/h15-17,19-20,23,26,28,31,33-35,38-39,41-42,46-53,61,65H,13-14,18,21-22,24-25,27,29-30,32H2,1-12H3/b19-17+/t33-,34-,35+,38+,39+,41+,42-,46+,47-,48-,49-,50+,51+,52+,53+,55-/m1/s1. The van der Waals surface area contributed by atoms with Gasteiger partial charge in [0.25, 0.3) is 0 Å². The number of benzene rings is 1. The number of likely N-dealkylation sites (N-methyl/N-ethyl adjacent to an activating group) is 2. The number of hydrogen-bond acceptors (Lipinski definition) is 19. The highest BCUT2D eigenvalue weighted by Gasteiger charge is 2.55. The second kappa shape index (κ2) is 28.7. The number of esters is 3. The van der Waals surface area contributed by atoms with Crippen LogP contribution in [0.5, 0.6) is 0 Å². The van der Waals surface area contributed by atoms with Crippen molar-refractivity contribution < 1.29 is 76.8 Å². The van der Waals surface area contributed by atoms with Crippen LogP contribution in [-0.2, 0) is 61.8 Å². The summed E-state index contributed by atoms with van der Waals surface area (Å²) < 4.78 is 56.5. The molecule has 2 N–H and O–H groups in total. The molecule has 3 fully saturated rings. The molecule has 1 aromatic heterocycles. The summed E-state index contributed by atoms with van der Waals surface area (Å²) in [6.07, 6.45) is -5.58.